The van der Waals surface area contributed by atoms with Gasteiger partial charge < -0.3 is 15.2 Å². The van der Waals surface area contributed by atoms with Crippen molar-refractivity contribution >= 4 is 18.1 Å². The molecule has 4 aliphatic carbocycles. The van der Waals surface area contributed by atoms with Gasteiger partial charge in [-0.1, -0.05) is 13.8 Å². The van der Waals surface area contributed by atoms with Gasteiger partial charge in [-0.15, -0.1) is 0 Å². The zero-order valence-corrected chi connectivity index (χ0v) is 21.4. The standard InChI is InChI=1S/C26H35N7O3/c1-16(2)13-36-23-20(12-30-33(23)6-5-25(3,4)14-27)22(29-15-28)31-21-18-7-17-8-19(21)11-26(9-17,10-18)32-24(34)35/h5-6,12,16-19,21,32H,7-11,13H2,1-4H3,(H,29,31)(H,34,35)/b6-5+. The number of nitrogens with zero attached hydrogens (tertiary/aromatic N) is 5. The van der Waals surface area contributed by atoms with E-state index in [1.54, 1.807) is 23.2 Å². The van der Waals surface area contributed by atoms with Crippen molar-refractivity contribution in [3.63, 3.8) is 0 Å². The van der Waals surface area contributed by atoms with E-state index in [1.807, 2.05) is 33.9 Å². The Morgan fingerprint density at radius 1 is 1.36 bits per heavy atom. The van der Waals surface area contributed by atoms with Gasteiger partial charge in [-0.2, -0.15) is 15.6 Å². The zero-order valence-electron chi connectivity index (χ0n) is 21.4. The van der Waals surface area contributed by atoms with Crippen molar-refractivity contribution in [2.24, 2.45) is 34.1 Å². The quantitative estimate of drug-likeness (QED) is 0.215. The molecule has 0 aliphatic heterocycles. The number of aromatic nitrogens is 2. The molecule has 1 aromatic heterocycles. The van der Waals surface area contributed by atoms with Gasteiger partial charge in [0.25, 0.3) is 0 Å². The summed E-state index contributed by atoms with van der Waals surface area (Å²) in [4.78, 5) is 16.5. The summed E-state index contributed by atoms with van der Waals surface area (Å²) in [6.45, 7) is 8.17. The predicted molar refractivity (Wildman–Crippen MR) is 134 cm³/mol. The number of rotatable bonds is 8. The molecule has 1 aromatic rings. The van der Waals surface area contributed by atoms with Gasteiger partial charge in [-0.05, 0) is 75.7 Å². The molecule has 0 aromatic carbocycles. The number of aliphatic imine (C=N–C) groups is 1. The van der Waals surface area contributed by atoms with Gasteiger partial charge in [0.15, 0.2) is 6.19 Å². The van der Waals surface area contributed by atoms with Gasteiger partial charge in [0, 0.05) is 11.7 Å². The molecule has 2 unspecified atom stereocenters. The second-order valence-corrected chi connectivity index (χ2v) is 11.5. The summed E-state index contributed by atoms with van der Waals surface area (Å²) in [5, 5.41) is 38.4. The lowest BCUT2D eigenvalue weighted by atomic mass is 9.51. The van der Waals surface area contributed by atoms with Gasteiger partial charge in [0.1, 0.15) is 5.84 Å². The van der Waals surface area contributed by atoms with E-state index < -0.39 is 11.5 Å². The summed E-state index contributed by atoms with van der Waals surface area (Å²) < 4.78 is 7.70. The number of nitrogens with one attached hydrogen (secondary N) is 2. The normalized spacial score (nSPS) is 29.2. The van der Waals surface area contributed by atoms with Crippen molar-refractivity contribution in [1.29, 1.82) is 10.5 Å². The smallest absolute Gasteiger partial charge is 0.405 e. The molecule has 1 amide bonds. The number of carbonyl (C=O) groups is 1. The molecule has 10 heteroatoms. The monoisotopic (exact) mass is 493 g/mol. The van der Waals surface area contributed by atoms with Crippen LogP contribution in [0.3, 0.4) is 0 Å². The van der Waals surface area contributed by atoms with Crippen LogP contribution in [-0.2, 0) is 0 Å². The van der Waals surface area contributed by atoms with Crippen LogP contribution >= 0.6 is 0 Å². The molecule has 4 fully saturated rings. The van der Waals surface area contributed by atoms with E-state index >= 15 is 0 Å². The van der Waals surface area contributed by atoms with E-state index in [0.717, 1.165) is 32.1 Å². The van der Waals surface area contributed by atoms with Crippen LogP contribution in [0, 0.1) is 51.9 Å². The molecule has 0 radical (unpaired) electrons. The molecule has 1 heterocycles. The lowest BCUT2D eigenvalue weighted by Gasteiger charge is -2.58. The Bertz CT molecular complexity index is 1120. The van der Waals surface area contributed by atoms with Gasteiger partial charge in [0.05, 0.1) is 35.9 Å². The molecule has 5 rings (SSSR count). The summed E-state index contributed by atoms with van der Waals surface area (Å²) in [7, 11) is 0. The number of amides is 1. The van der Waals surface area contributed by atoms with E-state index in [0.29, 0.717) is 29.8 Å². The van der Waals surface area contributed by atoms with Crippen molar-refractivity contribution < 1.29 is 14.6 Å². The molecule has 0 saturated heterocycles. The summed E-state index contributed by atoms with van der Waals surface area (Å²) >= 11 is 0. The second kappa shape index (κ2) is 9.85. The predicted octanol–water partition coefficient (Wildman–Crippen LogP) is 3.97. The first-order valence-corrected chi connectivity index (χ1v) is 12.6. The Hall–Kier alpha value is -3.53. The number of hydrogen-bond acceptors (Lipinski definition) is 6. The van der Waals surface area contributed by atoms with Crippen LogP contribution < -0.4 is 15.4 Å². The first-order valence-electron chi connectivity index (χ1n) is 12.6. The summed E-state index contributed by atoms with van der Waals surface area (Å²) in [5.74, 6) is 2.16. The number of amidine groups is 1. The number of nitriles is 2. The molecule has 4 bridgehead atoms. The highest BCUT2D eigenvalue weighted by molar-refractivity contribution is 6.01. The number of allylic oxidation sites excluding steroid dienone is 1. The van der Waals surface area contributed by atoms with Crippen molar-refractivity contribution in [1.82, 2.24) is 20.4 Å². The minimum Gasteiger partial charge on any atom is -0.477 e. The van der Waals surface area contributed by atoms with E-state index in [9.17, 15) is 20.4 Å². The van der Waals surface area contributed by atoms with Gasteiger partial charge in [-0.25, -0.2) is 9.48 Å². The molecule has 0 spiro atoms. The maximum Gasteiger partial charge on any atom is 0.405 e. The molecule has 2 atom stereocenters. The zero-order chi connectivity index (χ0) is 26.1. The topological polar surface area (TPSA) is 148 Å². The molecule has 192 valence electrons. The van der Waals surface area contributed by atoms with Crippen molar-refractivity contribution in [2.45, 2.75) is 71.4 Å². The Labute approximate surface area is 212 Å². The third-order valence-corrected chi connectivity index (χ3v) is 7.53. The summed E-state index contributed by atoms with van der Waals surface area (Å²) in [6, 6.07) is 2.24. The van der Waals surface area contributed by atoms with Crippen LogP contribution in [0.15, 0.2) is 17.3 Å². The number of ether oxygens (including phenoxy) is 1. The average Bonchev–Trinajstić information content (AvgIpc) is 3.19. The second-order valence-electron chi connectivity index (χ2n) is 11.5. The Morgan fingerprint density at radius 2 is 2.06 bits per heavy atom. The molecular formula is C26H35N7O3. The number of hydrogen-bond donors (Lipinski definition) is 3. The Kier molecular flexibility index (Phi) is 6.99. The van der Waals surface area contributed by atoms with Crippen LogP contribution in [0.1, 0.15) is 65.4 Å². The van der Waals surface area contributed by atoms with Crippen molar-refractivity contribution in [3.05, 3.63) is 17.8 Å². The highest BCUT2D eigenvalue weighted by Crippen LogP contribution is 2.56. The highest BCUT2D eigenvalue weighted by atomic mass is 16.5. The first-order chi connectivity index (χ1) is 17.0. The van der Waals surface area contributed by atoms with Crippen molar-refractivity contribution in [3.8, 4) is 18.1 Å². The van der Waals surface area contributed by atoms with Crippen LogP contribution in [0.5, 0.6) is 5.88 Å². The minimum atomic E-state index is -0.962. The Balaban J connectivity index is 1.67. The molecule has 4 saturated carbocycles. The highest BCUT2D eigenvalue weighted by Gasteiger charge is 2.56. The summed E-state index contributed by atoms with van der Waals surface area (Å²) in [6.07, 6.45) is 10.6. The van der Waals surface area contributed by atoms with E-state index in [2.05, 4.69) is 21.8 Å². The molecule has 4 aliphatic rings. The molecule has 10 nitrogen and oxygen atoms in total. The first kappa shape index (κ1) is 25.6. The molecule has 3 N–H and O–H groups in total. The fraction of sp³-hybridized carbons (Fsp3) is 0.654. The third-order valence-electron chi connectivity index (χ3n) is 7.53. The van der Waals surface area contributed by atoms with Crippen LogP contribution in [0.2, 0.25) is 0 Å². The largest absolute Gasteiger partial charge is 0.477 e. The molecule has 36 heavy (non-hydrogen) atoms. The van der Waals surface area contributed by atoms with E-state index in [1.165, 1.54) is 0 Å². The third kappa shape index (κ3) is 5.33. The van der Waals surface area contributed by atoms with Crippen LogP contribution in [0.25, 0.3) is 6.20 Å². The van der Waals surface area contributed by atoms with Crippen LogP contribution in [0.4, 0.5) is 4.79 Å². The van der Waals surface area contributed by atoms with Crippen LogP contribution in [-0.4, -0.2) is 45.0 Å². The minimum absolute atomic E-state index is 0.00418. The number of carboxylic acid groups (broad SMARTS) is 1. The molecular weight excluding hydrogens is 458 g/mol. The average molecular weight is 494 g/mol. The maximum atomic E-state index is 11.5. The van der Waals surface area contributed by atoms with E-state index in [4.69, 9.17) is 9.73 Å². The van der Waals surface area contributed by atoms with E-state index in [-0.39, 0.29) is 29.3 Å². The maximum absolute atomic E-state index is 11.5. The lowest BCUT2D eigenvalue weighted by Crippen LogP contribution is -2.63. The fourth-order valence-electron chi connectivity index (χ4n) is 6.26. The summed E-state index contributed by atoms with van der Waals surface area (Å²) in [5.41, 5.74) is -0.445. The van der Waals surface area contributed by atoms with Gasteiger partial charge in [0.2, 0.25) is 5.88 Å². The van der Waals surface area contributed by atoms with Gasteiger partial charge in [-0.3, -0.25) is 10.3 Å². The van der Waals surface area contributed by atoms with Crippen molar-refractivity contribution in [2.75, 3.05) is 6.61 Å². The van der Waals surface area contributed by atoms with Gasteiger partial charge >= 0.3 is 6.09 Å². The fourth-order valence-corrected chi connectivity index (χ4v) is 6.26. The SMILES string of the molecule is CC(C)COc1c(C(=NC2C3CC4CC2CC(NC(=O)O)(C4)C3)NC#N)cnn1/C=C/C(C)(C)C#N. The Morgan fingerprint density at radius 3 is 2.64 bits per heavy atom. The lowest BCUT2D eigenvalue weighted by molar-refractivity contribution is -0.0317.